The number of hydrogen-bond acceptors (Lipinski definition) is 10. The summed E-state index contributed by atoms with van der Waals surface area (Å²) in [5, 5.41) is 3.05. The van der Waals surface area contributed by atoms with E-state index in [1.807, 2.05) is 11.6 Å². The summed E-state index contributed by atoms with van der Waals surface area (Å²) in [6.45, 7) is 0. The standard InChI is InChI=1S/C22H21N7O5S/c1-28-11-24-17-14(8-23-9-16(17)28)18-21(33-3)27-20(19(26-18)22(30)34-4)25-13-5-6-15-12(7-13)10-35(31,32)29(15)2/h5-9,11H,10H2,1-4H3,(H,25,27). The van der Waals surface area contributed by atoms with Crippen molar-refractivity contribution in [2.24, 2.45) is 7.05 Å². The van der Waals surface area contributed by atoms with Gasteiger partial charge in [0.2, 0.25) is 15.9 Å². The fourth-order valence-corrected chi connectivity index (χ4v) is 5.24. The van der Waals surface area contributed by atoms with Crippen LogP contribution in [0.2, 0.25) is 0 Å². The van der Waals surface area contributed by atoms with Crippen LogP contribution in [0.1, 0.15) is 16.1 Å². The van der Waals surface area contributed by atoms with Gasteiger partial charge in [-0.3, -0.25) is 9.29 Å². The van der Waals surface area contributed by atoms with Gasteiger partial charge in [0.05, 0.1) is 49.3 Å². The minimum Gasteiger partial charge on any atom is -0.479 e. The smallest absolute Gasteiger partial charge is 0.360 e. The van der Waals surface area contributed by atoms with Crippen LogP contribution in [-0.4, -0.2) is 60.2 Å². The molecule has 180 valence electrons. The molecule has 12 nitrogen and oxygen atoms in total. The molecule has 5 rings (SSSR count). The predicted molar refractivity (Wildman–Crippen MR) is 128 cm³/mol. The molecular formula is C22H21N7O5S. The summed E-state index contributed by atoms with van der Waals surface area (Å²) in [6.07, 6.45) is 4.90. The first-order chi connectivity index (χ1) is 16.7. The number of hydrogen-bond donors (Lipinski definition) is 1. The van der Waals surface area contributed by atoms with E-state index in [2.05, 4.69) is 25.3 Å². The van der Waals surface area contributed by atoms with Crippen molar-refractivity contribution in [3.05, 3.63) is 48.2 Å². The molecule has 0 fully saturated rings. The van der Waals surface area contributed by atoms with Crippen molar-refractivity contribution < 1.29 is 22.7 Å². The maximum absolute atomic E-state index is 12.7. The van der Waals surface area contributed by atoms with Crippen molar-refractivity contribution in [3.8, 4) is 17.1 Å². The summed E-state index contributed by atoms with van der Waals surface area (Å²) in [7, 11) is 2.65. The van der Waals surface area contributed by atoms with Gasteiger partial charge in [0.1, 0.15) is 11.2 Å². The van der Waals surface area contributed by atoms with Crippen LogP contribution in [0.3, 0.4) is 0 Å². The zero-order chi connectivity index (χ0) is 24.9. The Morgan fingerprint density at radius 3 is 2.69 bits per heavy atom. The molecule has 0 unspecified atom stereocenters. The quantitative estimate of drug-likeness (QED) is 0.410. The van der Waals surface area contributed by atoms with Crippen LogP contribution < -0.4 is 14.4 Å². The number of pyridine rings is 1. The van der Waals surface area contributed by atoms with Crippen LogP contribution in [0.25, 0.3) is 22.3 Å². The van der Waals surface area contributed by atoms with Crippen LogP contribution >= 0.6 is 0 Å². The summed E-state index contributed by atoms with van der Waals surface area (Å²) in [5.41, 5.74) is 3.87. The lowest BCUT2D eigenvalue weighted by molar-refractivity contribution is 0.0595. The molecule has 0 atom stereocenters. The third-order valence-electron chi connectivity index (χ3n) is 5.77. The van der Waals surface area contributed by atoms with E-state index in [0.29, 0.717) is 28.0 Å². The second kappa shape index (κ2) is 8.20. The van der Waals surface area contributed by atoms with E-state index in [4.69, 9.17) is 9.47 Å². The molecule has 0 saturated carbocycles. The fraction of sp³-hybridized carbons (Fsp3) is 0.227. The molecule has 1 aromatic carbocycles. The van der Waals surface area contributed by atoms with Crippen LogP contribution in [0.5, 0.6) is 5.88 Å². The average Bonchev–Trinajstić information content (AvgIpc) is 3.34. The minimum atomic E-state index is -3.39. The van der Waals surface area contributed by atoms with Crippen LogP contribution in [0, 0.1) is 0 Å². The Morgan fingerprint density at radius 2 is 1.94 bits per heavy atom. The number of esters is 1. The van der Waals surface area contributed by atoms with Gasteiger partial charge in [-0.1, -0.05) is 0 Å². The summed E-state index contributed by atoms with van der Waals surface area (Å²) < 4.78 is 37.9. The molecule has 0 radical (unpaired) electrons. The number of ether oxygens (including phenoxy) is 2. The number of carbonyl (C=O) groups is 1. The van der Waals surface area contributed by atoms with Gasteiger partial charge in [-0.05, 0) is 23.8 Å². The van der Waals surface area contributed by atoms with E-state index in [1.165, 1.54) is 25.6 Å². The van der Waals surface area contributed by atoms with E-state index < -0.39 is 16.0 Å². The van der Waals surface area contributed by atoms with Gasteiger partial charge in [0.25, 0.3) is 0 Å². The maximum Gasteiger partial charge on any atom is 0.360 e. The van der Waals surface area contributed by atoms with Gasteiger partial charge in [-0.2, -0.15) is 4.98 Å². The molecule has 4 heterocycles. The number of sulfonamides is 1. The number of aromatic nitrogens is 5. The van der Waals surface area contributed by atoms with Gasteiger partial charge < -0.3 is 19.4 Å². The molecule has 4 aromatic rings. The van der Waals surface area contributed by atoms with Crippen molar-refractivity contribution in [1.82, 2.24) is 24.5 Å². The highest BCUT2D eigenvalue weighted by molar-refractivity contribution is 7.92. The molecule has 0 amide bonds. The number of rotatable bonds is 5. The molecule has 1 aliphatic rings. The fourth-order valence-electron chi connectivity index (χ4n) is 3.95. The van der Waals surface area contributed by atoms with Gasteiger partial charge in [0, 0.05) is 26.0 Å². The molecule has 1 N–H and O–H groups in total. The van der Waals surface area contributed by atoms with Gasteiger partial charge in [-0.15, -0.1) is 0 Å². The predicted octanol–water partition coefficient (Wildman–Crippen LogP) is 2.24. The van der Waals surface area contributed by atoms with E-state index in [1.54, 1.807) is 36.9 Å². The zero-order valence-corrected chi connectivity index (χ0v) is 20.1. The molecule has 3 aromatic heterocycles. The molecule has 1 aliphatic heterocycles. The van der Waals surface area contributed by atoms with E-state index in [0.717, 1.165) is 5.52 Å². The highest BCUT2D eigenvalue weighted by atomic mass is 32.2. The van der Waals surface area contributed by atoms with Gasteiger partial charge in [-0.25, -0.2) is 23.2 Å². The Morgan fingerprint density at radius 1 is 1.14 bits per heavy atom. The number of nitrogens with one attached hydrogen (secondary N) is 1. The van der Waals surface area contributed by atoms with Gasteiger partial charge >= 0.3 is 5.97 Å². The SMILES string of the molecule is COC(=O)c1nc(-c2cncc3c2ncn3C)c(OC)nc1Nc1ccc2c(c1)CS(=O)(=O)N2C. The number of anilines is 3. The van der Waals surface area contributed by atoms with E-state index >= 15 is 0 Å². The second-order valence-corrected chi connectivity index (χ2v) is 9.87. The summed E-state index contributed by atoms with van der Waals surface area (Å²) in [6, 6.07) is 5.07. The van der Waals surface area contributed by atoms with Crippen LogP contribution in [-0.2, 0) is 27.6 Å². The Balaban J connectivity index is 1.62. The monoisotopic (exact) mass is 495 g/mol. The Bertz CT molecular complexity index is 1600. The number of fused-ring (bicyclic) bond motifs is 2. The van der Waals surface area contributed by atoms with E-state index in [9.17, 15) is 13.2 Å². The highest BCUT2D eigenvalue weighted by Crippen LogP contribution is 2.36. The number of benzene rings is 1. The maximum atomic E-state index is 12.7. The van der Waals surface area contributed by atoms with Crippen molar-refractivity contribution in [2.45, 2.75) is 5.75 Å². The van der Waals surface area contributed by atoms with Gasteiger partial charge in [0.15, 0.2) is 11.5 Å². The normalized spacial score (nSPS) is 14.1. The number of nitrogens with zero attached hydrogens (tertiary/aromatic N) is 6. The van der Waals surface area contributed by atoms with Crippen molar-refractivity contribution in [3.63, 3.8) is 0 Å². The first-order valence-corrected chi connectivity index (χ1v) is 12.0. The Labute approximate surface area is 200 Å². The summed E-state index contributed by atoms with van der Waals surface area (Å²) in [5.74, 6) is -0.599. The Hall–Kier alpha value is -4.26. The largest absolute Gasteiger partial charge is 0.479 e. The lowest BCUT2D eigenvalue weighted by atomic mass is 10.1. The van der Waals surface area contributed by atoms with Crippen molar-refractivity contribution >= 4 is 44.2 Å². The molecule has 0 saturated heterocycles. The van der Waals surface area contributed by atoms with E-state index in [-0.39, 0.29) is 28.8 Å². The number of imidazole rings is 1. The Kier molecular flexibility index (Phi) is 5.28. The number of carbonyl (C=O) groups excluding carboxylic acids is 1. The average molecular weight is 496 g/mol. The second-order valence-electron chi connectivity index (χ2n) is 7.87. The summed E-state index contributed by atoms with van der Waals surface area (Å²) in [4.78, 5) is 30.4. The summed E-state index contributed by atoms with van der Waals surface area (Å²) >= 11 is 0. The first-order valence-electron chi connectivity index (χ1n) is 10.4. The first kappa shape index (κ1) is 22.5. The third-order valence-corrected chi connectivity index (χ3v) is 7.47. The minimum absolute atomic E-state index is 0.0820. The lowest BCUT2D eigenvalue weighted by Crippen LogP contribution is -2.20. The van der Waals surface area contributed by atoms with Crippen LogP contribution in [0.15, 0.2) is 36.9 Å². The molecule has 13 heteroatoms. The van der Waals surface area contributed by atoms with Crippen molar-refractivity contribution in [2.75, 3.05) is 30.9 Å². The molecule has 0 spiro atoms. The van der Waals surface area contributed by atoms with Crippen LogP contribution in [0.4, 0.5) is 17.2 Å². The molecule has 35 heavy (non-hydrogen) atoms. The molecule has 0 bridgehead atoms. The lowest BCUT2D eigenvalue weighted by Gasteiger charge is -2.15. The third kappa shape index (κ3) is 3.69. The van der Waals surface area contributed by atoms with Crippen molar-refractivity contribution in [1.29, 1.82) is 0 Å². The number of aryl methyl sites for hydroxylation is 1. The number of methoxy groups -OCH3 is 2. The zero-order valence-electron chi connectivity index (χ0n) is 19.3. The molecular weight excluding hydrogens is 474 g/mol. The molecule has 0 aliphatic carbocycles. The topological polar surface area (TPSA) is 141 Å². The highest BCUT2D eigenvalue weighted by Gasteiger charge is 2.30.